The third kappa shape index (κ3) is 4.60. The number of imidazole rings is 1. The van der Waals surface area contributed by atoms with E-state index in [-0.39, 0.29) is 17.2 Å². The quantitative estimate of drug-likeness (QED) is 0.460. The Hall–Kier alpha value is -2.54. The summed E-state index contributed by atoms with van der Waals surface area (Å²) in [5.74, 6) is -1.31. The number of carbonyl (C=O) groups excluding carboxylic acids is 1. The highest BCUT2D eigenvalue weighted by molar-refractivity contribution is 5.79. The topological polar surface area (TPSA) is 107 Å². The number of aryl methyl sites for hydroxylation is 2. The Bertz CT molecular complexity index is 842. The van der Waals surface area contributed by atoms with Gasteiger partial charge >= 0.3 is 5.69 Å². The van der Waals surface area contributed by atoms with Crippen LogP contribution in [-0.4, -0.2) is 25.8 Å². The number of amides is 1. The van der Waals surface area contributed by atoms with Crippen LogP contribution in [0, 0.1) is 5.92 Å². The van der Waals surface area contributed by atoms with Crippen molar-refractivity contribution < 1.29 is 15.1 Å². The molecule has 0 bridgehead atoms. The molecule has 1 heterocycles. The summed E-state index contributed by atoms with van der Waals surface area (Å²) in [5, 5.41) is 19.4. The van der Waals surface area contributed by atoms with Gasteiger partial charge in [0.15, 0.2) is 0 Å². The molecule has 27 heavy (non-hydrogen) atoms. The third-order valence-electron chi connectivity index (χ3n) is 4.75. The van der Waals surface area contributed by atoms with Crippen LogP contribution in [0.1, 0.15) is 57.5 Å². The van der Waals surface area contributed by atoms with Crippen LogP contribution >= 0.6 is 0 Å². The van der Waals surface area contributed by atoms with E-state index < -0.39 is 17.6 Å². The minimum Gasteiger partial charge on any atom is -0.493 e. The molecule has 0 saturated heterocycles. The molecule has 4 N–H and O–H groups in total. The van der Waals surface area contributed by atoms with Crippen LogP contribution in [0.4, 0.5) is 0 Å². The maximum atomic E-state index is 12.3. The summed E-state index contributed by atoms with van der Waals surface area (Å²) in [4.78, 5) is 26.8. The predicted octanol–water partition coefficient (Wildman–Crippen LogP) is 2.67. The first-order valence-electron chi connectivity index (χ1n) is 9.12. The summed E-state index contributed by atoms with van der Waals surface area (Å²) in [5.41, 5.74) is 3.76. The summed E-state index contributed by atoms with van der Waals surface area (Å²) >= 11 is 0. The maximum absolute atomic E-state index is 12.3. The average Bonchev–Trinajstić information content (AvgIpc) is 2.87. The Kier molecular flexibility index (Phi) is 6.15. The van der Waals surface area contributed by atoms with Crippen molar-refractivity contribution in [2.24, 2.45) is 5.92 Å². The molecule has 0 saturated carbocycles. The second-order valence-electron chi connectivity index (χ2n) is 8.21. The van der Waals surface area contributed by atoms with E-state index in [4.69, 9.17) is 5.21 Å². The first kappa shape index (κ1) is 20.8. The number of benzene rings is 1. The second kappa shape index (κ2) is 8.00. The van der Waals surface area contributed by atoms with Gasteiger partial charge in [0.1, 0.15) is 6.04 Å². The van der Waals surface area contributed by atoms with Gasteiger partial charge in [-0.2, -0.15) is 0 Å². The van der Waals surface area contributed by atoms with Gasteiger partial charge in [0.25, 0.3) is 5.91 Å². The zero-order valence-corrected chi connectivity index (χ0v) is 16.5. The molecule has 148 valence electrons. The number of nitrogens with zero attached hydrogens (tertiary/aromatic N) is 1. The van der Waals surface area contributed by atoms with Crippen LogP contribution in [0.3, 0.4) is 0 Å². The molecule has 7 heteroatoms. The van der Waals surface area contributed by atoms with Crippen molar-refractivity contribution >= 4 is 5.91 Å². The Labute approximate surface area is 159 Å². The molecule has 0 radical (unpaired) electrons. The number of hydrogen-bond donors (Lipinski definition) is 4. The zero-order valence-electron chi connectivity index (χ0n) is 16.5. The van der Waals surface area contributed by atoms with Crippen molar-refractivity contribution in [3.05, 3.63) is 51.6 Å². The van der Waals surface area contributed by atoms with Crippen LogP contribution in [-0.2, 0) is 23.1 Å². The summed E-state index contributed by atoms with van der Waals surface area (Å²) in [6, 6.07) is 7.26. The minimum atomic E-state index is -1.00. The number of nitrogens with one attached hydrogen (secondary N) is 2. The van der Waals surface area contributed by atoms with Crippen molar-refractivity contribution in [3.8, 4) is 5.88 Å². The highest BCUT2D eigenvalue weighted by Gasteiger charge is 2.29. The van der Waals surface area contributed by atoms with Gasteiger partial charge in [-0.3, -0.25) is 14.6 Å². The van der Waals surface area contributed by atoms with Crippen molar-refractivity contribution in [3.63, 3.8) is 0 Å². The molecule has 7 nitrogen and oxygen atoms in total. The zero-order chi connectivity index (χ0) is 20.4. The van der Waals surface area contributed by atoms with E-state index in [0.717, 1.165) is 10.1 Å². The van der Waals surface area contributed by atoms with Crippen LogP contribution in [0.15, 0.2) is 29.1 Å². The molecule has 2 rings (SSSR count). The lowest BCUT2D eigenvalue weighted by molar-refractivity contribution is -0.134. The molecule has 1 aromatic carbocycles. The molecule has 1 atom stereocenters. The molecule has 0 fully saturated rings. The lowest BCUT2D eigenvalue weighted by atomic mass is 9.86. The first-order valence-corrected chi connectivity index (χ1v) is 9.12. The van der Waals surface area contributed by atoms with Gasteiger partial charge in [-0.05, 0) is 35.3 Å². The monoisotopic (exact) mass is 375 g/mol. The molecule has 0 aliphatic carbocycles. The van der Waals surface area contributed by atoms with Gasteiger partial charge in [-0.25, -0.2) is 10.3 Å². The minimum absolute atomic E-state index is 0.0817. The number of rotatable bonds is 6. The number of aromatic hydroxyl groups is 1. The SMILES string of the molecule is CC(C)C(C(=O)NO)n1c(O)c(CCc2ccc(C(C)(C)C)cc2)[nH]c1=O. The number of aromatic amines is 1. The number of aromatic nitrogens is 2. The van der Waals surface area contributed by atoms with Gasteiger partial charge in [-0.15, -0.1) is 0 Å². The lowest BCUT2D eigenvalue weighted by Crippen LogP contribution is -2.37. The number of H-pyrrole nitrogens is 1. The van der Waals surface area contributed by atoms with Crippen LogP contribution < -0.4 is 11.2 Å². The number of hydroxylamine groups is 1. The summed E-state index contributed by atoms with van der Waals surface area (Å²) < 4.78 is 0.994. The highest BCUT2D eigenvalue weighted by Crippen LogP contribution is 2.26. The van der Waals surface area contributed by atoms with Crippen LogP contribution in [0.25, 0.3) is 0 Å². The Morgan fingerprint density at radius 2 is 1.78 bits per heavy atom. The Morgan fingerprint density at radius 3 is 2.26 bits per heavy atom. The van der Waals surface area contributed by atoms with Crippen LogP contribution in [0.2, 0.25) is 0 Å². The summed E-state index contributed by atoms with van der Waals surface area (Å²) in [7, 11) is 0. The van der Waals surface area contributed by atoms with Crippen molar-refractivity contribution in [1.82, 2.24) is 15.0 Å². The smallest absolute Gasteiger partial charge is 0.329 e. The molecular formula is C20H29N3O4. The molecular weight excluding hydrogens is 346 g/mol. The van der Waals surface area contributed by atoms with Gasteiger partial charge in [0.05, 0.1) is 5.69 Å². The fourth-order valence-electron chi connectivity index (χ4n) is 3.14. The van der Waals surface area contributed by atoms with E-state index in [2.05, 4.69) is 37.9 Å². The van der Waals surface area contributed by atoms with E-state index in [0.29, 0.717) is 18.5 Å². The molecule has 0 aliphatic rings. The van der Waals surface area contributed by atoms with E-state index in [9.17, 15) is 14.7 Å². The van der Waals surface area contributed by atoms with E-state index in [1.54, 1.807) is 19.3 Å². The summed E-state index contributed by atoms with van der Waals surface area (Å²) in [6.07, 6.45) is 1.06. The lowest BCUT2D eigenvalue weighted by Gasteiger charge is -2.20. The van der Waals surface area contributed by atoms with Crippen LogP contribution in [0.5, 0.6) is 5.88 Å². The van der Waals surface area contributed by atoms with E-state index in [1.165, 1.54) is 5.56 Å². The van der Waals surface area contributed by atoms with Gasteiger partial charge in [0.2, 0.25) is 5.88 Å². The Balaban J connectivity index is 2.21. The average molecular weight is 375 g/mol. The first-order chi connectivity index (χ1) is 12.6. The molecule has 2 aromatic rings. The normalized spacial score (nSPS) is 13.0. The van der Waals surface area contributed by atoms with Crippen molar-refractivity contribution in [2.75, 3.05) is 0 Å². The molecule has 1 unspecified atom stereocenters. The fraction of sp³-hybridized carbons (Fsp3) is 0.500. The largest absolute Gasteiger partial charge is 0.493 e. The molecule has 1 aromatic heterocycles. The van der Waals surface area contributed by atoms with E-state index >= 15 is 0 Å². The Morgan fingerprint density at radius 1 is 1.19 bits per heavy atom. The number of hydrogen-bond acceptors (Lipinski definition) is 4. The maximum Gasteiger partial charge on any atom is 0.329 e. The van der Waals surface area contributed by atoms with E-state index in [1.807, 2.05) is 12.1 Å². The summed E-state index contributed by atoms with van der Waals surface area (Å²) in [6.45, 7) is 9.92. The molecule has 0 spiro atoms. The van der Waals surface area contributed by atoms with Gasteiger partial charge in [0, 0.05) is 0 Å². The highest BCUT2D eigenvalue weighted by atomic mass is 16.5. The van der Waals surface area contributed by atoms with Gasteiger partial charge in [-0.1, -0.05) is 58.9 Å². The van der Waals surface area contributed by atoms with Crippen molar-refractivity contribution in [1.29, 1.82) is 0 Å². The number of carbonyl (C=O) groups is 1. The third-order valence-corrected chi connectivity index (χ3v) is 4.75. The predicted molar refractivity (Wildman–Crippen MR) is 103 cm³/mol. The standard InChI is InChI=1S/C20H29N3O4/c1-12(2)16(17(24)22-27)23-18(25)15(21-19(23)26)11-8-13-6-9-14(10-7-13)20(3,4)5/h6-7,9-10,12,16,25,27H,8,11H2,1-5H3,(H,21,26)(H,22,24). The molecule has 1 amide bonds. The van der Waals surface area contributed by atoms with Gasteiger partial charge < -0.3 is 10.1 Å². The second-order valence-corrected chi connectivity index (χ2v) is 8.21. The molecule has 0 aliphatic heterocycles. The van der Waals surface area contributed by atoms with Crippen molar-refractivity contribution in [2.45, 2.75) is 58.9 Å². The fourth-order valence-corrected chi connectivity index (χ4v) is 3.14.